The van der Waals surface area contributed by atoms with Crippen molar-refractivity contribution in [2.75, 3.05) is 0 Å². The van der Waals surface area contributed by atoms with E-state index in [1.807, 2.05) is 0 Å². The summed E-state index contributed by atoms with van der Waals surface area (Å²) in [6.45, 7) is 17.3. The second-order valence-electron chi connectivity index (χ2n) is 13.1. The molecule has 4 rings (SSSR count). The van der Waals surface area contributed by atoms with E-state index in [-0.39, 0.29) is 34.5 Å². The molecule has 4 aliphatic carbocycles. The van der Waals surface area contributed by atoms with Gasteiger partial charge in [0.15, 0.2) is 11.4 Å². The summed E-state index contributed by atoms with van der Waals surface area (Å²) >= 11 is 0. The van der Waals surface area contributed by atoms with Crippen molar-refractivity contribution in [2.24, 2.45) is 40.4 Å². The van der Waals surface area contributed by atoms with Crippen LogP contribution in [-0.4, -0.2) is 33.7 Å². The molecule has 2 N–H and O–H groups in total. The molecule has 9 atom stereocenters. The monoisotopic (exact) mass is 407 g/mol. The average molecular weight is 408 g/mol. The molecule has 166 valence electrons. The molecule has 4 aliphatic rings. The van der Waals surface area contributed by atoms with Crippen molar-refractivity contribution >= 4 is 5.78 Å². The maximum atomic E-state index is 15.4. The van der Waals surface area contributed by atoms with Crippen LogP contribution in [0.1, 0.15) is 87.5 Å². The van der Waals surface area contributed by atoms with Crippen LogP contribution in [0.25, 0.3) is 0 Å². The van der Waals surface area contributed by atoms with Crippen LogP contribution in [0, 0.1) is 40.4 Å². The van der Waals surface area contributed by atoms with Crippen LogP contribution < -0.4 is 5.32 Å². The molecule has 0 aliphatic heterocycles. The normalized spacial score (nSPS) is 54.1. The fourth-order valence-electron chi connectivity index (χ4n) is 8.61. The first-order chi connectivity index (χ1) is 13.1. The van der Waals surface area contributed by atoms with E-state index in [0.29, 0.717) is 24.7 Å². The number of alkyl halides is 1. The highest BCUT2D eigenvalue weighted by Crippen LogP contribution is 2.71. The van der Waals surface area contributed by atoms with Gasteiger partial charge in [0.05, 0.1) is 0 Å². The second-order valence-corrected chi connectivity index (χ2v) is 13.1. The smallest absolute Gasteiger partial charge is 0.190 e. The standard InChI is InChI=1S/C25H42FNO2/c1-14-11-19(26)18-12-17-15(2)13-24(27-21(3,4)5)20(28)25(24,29)23(17,8)10-9-16(14)22(18,6)7/h14-19,27,29H,9-13H2,1-8H3/t14-,15-,16+,17-,18-,19?,23+,24?,25?/m1/s1. The first kappa shape index (κ1) is 21.7. The van der Waals surface area contributed by atoms with Gasteiger partial charge in [-0.25, -0.2) is 4.39 Å². The SMILES string of the molecule is C[C@@H]1CC2(NC(C)(C)C)C(=O)C2(O)[C@@]2(C)CC[C@H]3[C@H](C)CC(F)[C@@H](C[C@H]12)C3(C)C. The molecular weight excluding hydrogens is 365 g/mol. The summed E-state index contributed by atoms with van der Waals surface area (Å²) in [5.41, 5.74) is -2.94. The highest BCUT2D eigenvalue weighted by atomic mass is 19.1. The van der Waals surface area contributed by atoms with Gasteiger partial charge in [-0.2, -0.15) is 0 Å². The zero-order valence-electron chi connectivity index (χ0n) is 19.7. The molecule has 0 saturated heterocycles. The summed E-state index contributed by atoms with van der Waals surface area (Å²) in [4.78, 5) is 13.4. The number of carbonyl (C=O) groups excluding carboxylic acids is 1. The van der Waals surface area contributed by atoms with Gasteiger partial charge in [0.2, 0.25) is 0 Å². The first-order valence-corrected chi connectivity index (χ1v) is 11.8. The Morgan fingerprint density at radius 2 is 1.66 bits per heavy atom. The van der Waals surface area contributed by atoms with Gasteiger partial charge in [0.25, 0.3) is 0 Å². The molecular formula is C25H42FNO2. The number of aliphatic hydroxyl groups is 1. The summed E-state index contributed by atoms with van der Waals surface area (Å²) in [7, 11) is 0. The number of ketones is 1. The Hall–Kier alpha value is -0.480. The molecule has 0 aromatic rings. The van der Waals surface area contributed by atoms with E-state index >= 15 is 4.39 Å². The Balaban J connectivity index is 1.77. The number of rotatable bonds is 1. The lowest BCUT2D eigenvalue weighted by atomic mass is 9.47. The van der Waals surface area contributed by atoms with Crippen LogP contribution in [0.2, 0.25) is 0 Å². The number of fused-ring (bicyclic) bond motifs is 5. The minimum Gasteiger partial charge on any atom is -0.379 e. The number of halogens is 1. The molecule has 4 fully saturated rings. The van der Waals surface area contributed by atoms with E-state index in [9.17, 15) is 9.90 Å². The van der Waals surface area contributed by atoms with Crippen molar-refractivity contribution in [3.05, 3.63) is 0 Å². The van der Waals surface area contributed by atoms with Crippen LogP contribution in [0.4, 0.5) is 4.39 Å². The zero-order chi connectivity index (χ0) is 21.8. The molecule has 0 amide bonds. The van der Waals surface area contributed by atoms with E-state index in [1.54, 1.807) is 0 Å². The molecule has 3 nitrogen and oxygen atoms in total. The number of carbonyl (C=O) groups is 1. The molecule has 4 heteroatoms. The van der Waals surface area contributed by atoms with Gasteiger partial charge in [0.1, 0.15) is 11.7 Å². The summed E-state index contributed by atoms with van der Waals surface area (Å²) in [5, 5.41) is 15.5. The highest BCUT2D eigenvalue weighted by Gasteiger charge is 2.87. The maximum Gasteiger partial charge on any atom is 0.190 e. The maximum absolute atomic E-state index is 15.4. The Morgan fingerprint density at radius 1 is 1.03 bits per heavy atom. The molecule has 0 spiro atoms. The van der Waals surface area contributed by atoms with Gasteiger partial charge in [-0.3, -0.25) is 10.1 Å². The van der Waals surface area contributed by atoms with E-state index in [4.69, 9.17) is 0 Å². The van der Waals surface area contributed by atoms with Crippen molar-refractivity contribution < 1.29 is 14.3 Å². The third kappa shape index (κ3) is 2.63. The molecule has 0 radical (unpaired) electrons. The van der Waals surface area contributed by atoms with Gasteiger partial charge in [-0.05, 0) is 87.9 Å². The lowest BCUT2D eigenvalue weighted by molar-refractivity contribution is -0.157. The van der Waals surface area contributed by atoms with Crippen LogP contribution in [-0.2, 0) is 4.79 Å². The fourth-order valence-corrected chi connectivity index (χ4v) is 8.61. The van der Waals surface area contributed by atoms with E-state index in [2.05, 4.69) is 60.7 Å². The van der Waals surface area contributed by atoms with Crippen molar-refractivity contribution in [2.45, 2.75) is 110 Å². The van der Waals surface area contributed by atoms with Gasteiger partial charge < -0.3 is 5.11 Å². The predicted octanol–water partition coefficient (Wildman–Crippen LogP) is 4.91. The molecule has 2 bridgehead atoms. The predicted molar refractivity (Wildman–Crippen MR) is 114 cm³/mol. The topological polar surface area (TPSA) is 49.3 Å². The highest BCUT2D eigenvalue weighted by molar-refractivity contribution is 6.16. The van der Waals surface area contributed by atoms with Crippen LogP contribution in [0.3, 0.4) is 0 Å². The first-order valence-electron chi connectivity index (χ1n) is 11.8. The molecule has 3 unspecified atom stereocenters. The number of nitrogens with one attached hydrogen (secondary N) is 1. The molecule has 0 aromatic heterocycles. The number of Topliss-reactive ketones (excluding diaryl/α,β-unsaturated/α-hetero) is 1. The quantitative estimate of drug-likeness (QED) is 0.649. The van der Waals surface area contributed by atoms with Crippen molar-refractivity contribution in [1.82, 2.24) is 5.32 Å². The molecule has 4 saturated carbocycles. The fraction of sp³-hybridized carbons (Fsp3) is 0.960. The number of hydrogen-bond donors (Lipinski definition) is 2. The molecule has 0 aromatic carbocycles. The van der Waals surface area contributed by atoms with Crippen LogP contribution >= 0.6 is 0 Å². The molecule has 29 heavy (non-hydrogen) atoms. The number of hydrogen-bond acceptors (Lipinski definition) is 3. The van der Waals surface area contributed by atoms with Crippen molar-refractivity contribution in [3.8, 4) is 0 Å². The van der Waals surface area contributed by atoms with Crippen molar-refractivity contribution in [1.29, 1.82) is 0 Å². The summed E-state index contributed by atoms with van der Waals surface area (Å²) in [5.74, 6) is 1.23. The zero-order valence-corrected chi connectivity index (χ0v) is 19.7. The largest absolute Gasteiger partial charge is 0.379 e. The van der Waals surface area contributed by atoms with Crippen molar-refractivity contribution in [3.63, 3.8) is 0 Å². The van der Waals surface area contributed by atoms with Crippen LogP contribution in [0.15, 0.2) is 0 Å². The third-order valence-corrected chi connectivity index (χ3v) is 9.93. The Bertz CT molecular complexity index is 714. The summed E-state index contributed by atoms with van der Waals surface area (Å²) in [6, 6.07) is 0. The summed E-state index contributed by atoms with van der Waals surface area (Å²) < 4.78 is 15.4. The van der Waals surface area contributed by atoms with E-state index < -0.39 is 22.7 Å². The second kappa shape index (κ2) is 6.06. The molecule has 0 heterocycles. The van der Waals surface area contributed by atoms with Gasteiger partial charge in [-0.1, -0.05) is 34.6 Å². The van der Waals surface area contributed by atoms with Crippen LogP contribution in [0.5, 0.6) is 0 Å². The van der Waals surface area contributed by atoms with Gasteiger partial charge in [0, 0.05) is 11.0 Å². The van der Waals surface area contributed by atoms with E-state index in [1.165, 1.54) is 0 Å². The summed E-state index contributed by atoms with van der Waals surface area (Å²) in [6.07, 6.45) is 3.14. The lowest BCUT2D eigenvalue weighted by Gasteiger charge is -2.59. The van der Waals surface area contributed by atoms with Gasteiger partial charge >= 0.3 is 0 Å². The Labute approximate surface area is 176 Å². The van der Waals surface area contributed by atoms with E-state index in [0.717, 1.165) is 19.3 Å². The Kier molecular flexibility index (Phi) is 4.54. The Morgan fingerprint density at radius 3 is 2.24 bits per heavy atom. The lowest BCUT2D eigenvalue weighted by Crippen LogP contribution is -2.63. The average Bonchev–Trinajstić information content (AvgIpc) is 2.99. The third-order valence-electron chi connectivity index (χ3n) is 9.93. The minimum atomic E-state index is -1.32. The minimum absolute atomic E-state index is 0.0105. The van der Waals surface area contributed by atoms with Gasteiger partial charge in [-0.15, -0.1) is 0 Å².